The minimum Gasteiger partial charge on any atom is -0.496 e. The molecule has 5 nitrogen and oxygen atoms in total. The van der Waals surface area contributed by atoms with Gasteiger partial charge in [-0.05, 0) is 51.0 Å². The molecule has 3 aromatic carbocycles. The normalized spacial score (nSPS) is 11.5. The fourth-order valence-corrected chi connectivity index (χ4v) is 4.24. The first-order valence-electron chi connectivity index (χ1n) is 11.8. The van der Waals surface area contributed by atoms with Crippen molar-refractivity contribution in [3.63, 3.8) is 0 Å². The first-order chi connectivity index (χ1) is 16.9. The smallest absolute Gasteiger partial charge is 0.244 e. The molecule has 1 N–H and O–H groups in total. The Morgan fingerprint density at radius 3 is 2.51 bits per heavy atom. The van der Waals surface area contributed by atoms with Crippen LogP contribution in [0.3, 0.4) is 0 Å². The largest absolute Gasteiger partial charge is 0.496 e. The average Bonchev–Trinajstić information content (AvgIpc) is 3.29. The molecule has 0 aliphatic carbocycles. The van der Waals surface area contributed by atoms with Gasteiger partial charge in [0.2, 0.25) is 5.91 Å². The lowest BCUT2D eigenvalue weighted by Gasteiger charge is -2.15. The summed E-state index contributed by atoms with van der Waals surface area (Å²) in [6, 6.07) is 18.0. The molecule has 1 heterocycles. The van der Waals surface area contributed by atoms with Crippen LogP contribution >= 0.6 is 0 Å². The first kappa shape index (κ1) is 24.1. The van der Waals surface area contributed by atoms with E-state index in [0.29, 0.717) is 13.2 Å². The van der Waals surface area contributed by atoms with E-state index in [0.717, 1.165) is 55.9 Å². The third-order valence-corrected chi connectivity index (χ3v) is 6.09. The lowest BCUT2D eigenvalue weighted by molar-refractivity contribution is -0.116. The molecule has 5 heteroatoms. The van der Waals surface area contributed by atoms with Crippen LogP contribution < -0.4 is 14.8 Å². The SMILES string of the molecule is CCOc1c(/C(C)=C/C(=O)NCc2ccc(C)cc2)cc2c(-c3ccccc3OC)coc2c1C. The van der Waals surface area contributed by atoms with E-state index in [-0.39, 0.29) is 5.91 Å². The van der Waals surface area contributed by atoms with Crippen molar-refractivity contribution in [2.45, 2.75) is 34.2 Å². The van der Waals surface area contributed by atoms with Crippen LogP contribution in [0.25, 0.3) is 27.7 Å². The molecule has 0 bridgehead atoms. The topological polar surface area (TPSA) is 60.7 Å². The maximum Gasteiger partial charge on any atom is 0.244 e. The van der Waals surface area contributed by atoms with Gasteiger partial charge in [0.15, 0.2) is 0 Å². The predicted molar refractivity (Wildman–Crippen MR) is 141 cm³/mol. The molecule has 0 saturated heterocycles. The van der Waals surface area contributed by atoms with Crippen molar-refractivity contribution in [2.75, 3.05) is 13.7 Å². The number of ether oxygens (including phenoxy) is 2. The van der Waals surface area contributed by atoms with Gasteiger partial charge in [-0.1, -0.05) is 48.0 Å². The molecular formula is C30H31NO4. The van der Waals surface area contributed by atoms with Gasteiger partial charge in [-0.25, -0.2) is 0 Å². The third kappa shape index (κ3) is 5.09. The van der Waals surface area contributed by atoms with E-state index in [1.165, 1.54) is 5.56 Å². The van der Waals surface area contributed by atoms with Crippen molar-refractivity contribution in [1.29, 1.82) is 0 Å². The zero-order valence-electron chi connectivity index (χ0n) is 20.9. The molecule has 0 aliphatic heterocycles. The Morgan fingerprint density at radius 2 is 1.80 bits per heavy atom. The van der Waals surface area contributed by atoms with Crippen molar-refractivity contribution in [1.82, 2.24) is 5.32 Å². The quantitative estimate of drug-likeness (QED) is 0.287. The van der Waals surface area contributed by atoms with Crippen molar-refractivity contribution >= 4 is 22.4 Å². The summed E-state index contributed by atoms with van der Waals surface area (Å²) in [6.07, 6.45) is 3.38. The summed E-state index contributed by atoms with van der Waals surface area (Å²) in [7, 11) is 1.66. The summed E-state index contributed by atoms with van der Waals surface area (Å²) in [5.74, 6) is 1.34. The van der Waals surface area contributed by atoms with Crippen molar-refractivity contribution in [3.8, 4) is 22.6 Å². The molecule has 180 valence electrons. The van der Waals surface area contributed by atoms with Gasteiger partial charge < -0.3 is 19.2 Å². The number of fused-ring (bicyclic) bond motifs is 1. The zero-order valence-corrected chi connectivity index (χ0v) is 20.9. The molecule has 0 radical (unpaired) electrons. The zero-order chi connectivity index (χ0) is 24.9. The molecule has 35 heavy (non-hydrogen) atoms. The Kier molecular flexibility index (Phi) is 7.25. The van der Waals surface area contributed by atoms with Gasteiger partial charge >= 0.3 is 0 Å². The van der Waals surface area contributed by atoms with Gasteiger partial charge in [-0.2, -0.15) is 0 Å². The number of furan rings is 1. The predicted octanol–water partition coefficient (Wildman–Crippen LogP) is 6.84. The second kappa shape index (κ2) is 10.5. The summed E-state index contributed by atoms with van der Waals surface area (Å²) >= 11 is 0. The summed E-state index contributed by atoms with van der Waals surface area (Å²) in [5, 5.41) is 3.92. The van der Waals surface area contributed by atoms with Gasteiger partial charge in [0.1, 0.15) is 17.1 Å². The second-order valence-electron chi connectivity index (χ2n) is 8.57. The van der Waals surface area contributed by atoms with Crippen LogP contribution in [0.5, 0.6) is 11.5 Å². The second-order valence-corrected chi connectivity index (χ2v) is 8.57. The Hall–Kier alpha value is -3.99. The summed E-state index contributed by atoms with van der Waals surface area (Å²) in [5.41, 5.74) is 7.45. The fraction of sp³-hybridized carbons (Fsp3) is 0.233. The van der Waals surface area contributed by atoms with Crippen LogP contribution in [0.1, 0.15) is 36.1 Å². The summed E-state index contributed by atoms with van der Waals surface area (Å²) in [6.45, 7) is 8.88. The van der Waals surface area contributed by atoms with Gasteiger partial charge in [-0.3, -0.25) is 4.79 Å². The Bertz CT molecular complexity index is 1380. The van der Waals surface area contributed by atoms with Crippen LogP contribution in [0, 0.1) is 13.8 Å². The van der Waals surface area contributed by atoms with Crippen LogP contribution in [0.2, 0.25) is 0 Å². The standard InChI is InChI=1S/C30H31NO4/c1-6-34-29-21(4)30-25(26(18-35-30)23-9-7-8-10-27(23)33-5)16-24(29)20(3)15-28(32)31-17-22-13-11-19(2)12-14-22/h7-16,18H,6,17H2,1-5H3,(H,31,32)/b20-15+. The molecule has 0 aliphatic rings. The molecule has 4 aromatic rings. The number of rotatable bonds is 8. The number of hydrogen-bond donors (Lipinski definition) is 1. The average molecular weight is 470 g/mol. The number of methoxy groups -OCH3 is 1. The number of allylic oxidation sites excluding steroid dienone is 1. The van der Waals surface area contributed by atoms with Gasteiger partial charge in [0.05, 0.1) is 20.0 Å². The van der Waals surface area contributed by atoms with Crippen LogP contribution in [0.4, 0.5) is 0 Å². The van der Waals surface area contributed by atoms with Crippen LogP contribution in [-0.4, -0.2) is 19.6 Å². The highest BCUT2D eigenvalue weighted by atomic mass is 16.5. The molecule has 0 spiro atoms. The minimum absolute atomic E-state index is 0.152. The highest BCUT2D eigenvalue weighted by Gasteiger charge is 2.20. The fourth-order valence-electron chi connectivity index (χ4n) is 4.24. The maximum absolute atomic E-state index is 12.7. The van der Waals surface area contributed by atoms with Gasteiger partial charge in [-0.15, -0.1) is 0 Å². The first-order valence-corrected chi connectivity index (χ1v) is 11.8. The Labute approximate surface area is 206 Å². The number of nitrogens with one attached hydrogen (secondary N) is 1. The van der Waals surface area contributed by atoms with Crippen molar-refractivity contribution in [2.24, 2.45) is 0 Å². The van der Waals surface area contributed by atoms with E-state index in [2.05, 4.69) is 5.32 Å². The lowest BCUT2D eigenvalue weighted by atomic mass is 9.96. The van der Waals surface area contributed by atoms with Crippen LogP contribution in [0.15, 0.2) is 71.4 Å². The third-order valence-electron chi connectivity index (χ3n) is 6.09. The number of benzene rings is 3. The van der Waals surface area contributed by atoms with E-state index in [4.69, 9.17) is 13.9 Å². The number of hydrogen-bond acceptors (Lipinski definition) is 4. The number of amides is 1. The number of carbonyl (C=O) groups is 1. The van der Waals surface area contributed by atoms with Gasteiger partial charge in [0, 0.05) is 40.3 Å². The van der Waals surface area contributed by atoms with E-state index in [1.54, 1.807) is 19.4 Å². The van der Waals surface area contributed by atoms with E-state index < -0.39 is 0 Å². The number of carbonyl (C=O) groups excluding carboxylic acids is 1. The highest BCUT2D eigenvalue weighted by molar-refractivity contribution is 6.02. The molecule has 0 unspecified atom stereocenters. The lowest BCUT2D eigenvalue weighted by Crippen LogP contribution is -2.20. The minimum atomic E-state index is -0.152. The maximum atomic E-state index is 12.7. The summed E-state index contributed by atoms with van der Waals surface area (Å²) in [4.78, 5) is 12.7. The Balaban J connectivity index is 1.72. The molecule has 1 amide bonds. The van der Waals surface area contributed by atoms with E-state index >= 15 is 0 Å². The Morgan fingerprint density at radius 1 is 1.06 bits per heavy atom. The van der Waals surface area contributed by atoms with Gasteiger partial charge in [0.25, 0.3) is 0 Å². The van der Waals surface area contributed by atoms with Crippen molar-refractivity contribution in [3.05, 3.63) is 89.2 Å². The van der Waals surface area contributed by atoms with Crippen LogP contribution in [-0.2, 0) is 11.3 Å². The molecule has 4 rings (SSSR count). The molecule has 0 saturated carbocycles. The van der Waals surface area contributed by atoms with E-state index in [1.807, 2.05) is 82.3 Å². The molecular weight excluding hydrogens is 438 g/mol. The number of para-hydroxylation sites is 1. The van der Waals surface area contributed by atoms with E-state index in [9.17, 15) is 4.79 Å². The molecule has 0 fully saturated rings. The molecule has 1 aromatic heterocycles. The highest BCUT2D eigenvalue weighted by Crippen LogP contribution is 2.42. The number of aryl methyl sites for hydroxylation is 2. The summed E-state index contributed by atoms with van der Waals surface area (Å²) < 4.78 is 17.6. The van der Waals surface area contributed by atoms with Crippen molar-refractivity contribution < 1.29 is 18.7 Å². The monoisotopic (exact) mass is 469 g/mol. The molecule has 0 atom stereocenters.